The Kier molecular flexibility index (Phi) is 9.22. The molecule has 7 heavy (non-hydrogen) atoms. The van der Waals surface area contributed by atoms with Gasteiger partial charge in [-0.25, -0.2) is 0 Å². The summed E-state index contributed by atoms with van der Waals surface area (Å²) in [5.74, 6) is 0.718. The van der Waals surface area contributed by atoms with Crippen molar-refractivity contribution in [2.24, 2.45) is 5.92 Å². The molecule has 0 saturated carbocycles. The Labute approximate surface area is 56.7 Å². The van der Waals surface area contributed by atoms with Gasteiger partial charge >= 0.3 is 0 Å². The maximum atomic E-state index is 2.17. The highest BCUT2D eigenvalue weighted by molar-refractivity contribution is 5.75. The van der Waals surface area contributed by atoms with Gasteiger partial charge in [0.2, 0.25) is 0 Å². The predicted octanol–water partition coefficient (Wildman–Crippen LogP) is 1.03. The van der Waals surface area contributed by atoms with E-state index in [9.17, 15) is 0 Å². The van der Waals surface area contributed by atoms with Crippen LogP contribution in [0.1, 0.15) is 20.8 Å². The van der Waals surface area contributed by atoms with Crippen molar-refractivity contribution < 1.29 is 0 Å². The highest BCUT2D eigenvalue weighted by Gasteiger charge is 1.76. The van der Waals surface area contributed by atoms with Crippen LogP contribution >= 0.6 is 0 Å². The van der Waals surface area contributed by atoms with Gasteiger partial charge in [0, 0.05) is 0 Å². The van der Waals surface area contributed by atoms with Crippen molar-refractivity contribution >= 4 is 17.4 Å². The van der Waals surface area contributed by atoms with E-state index in [0.29, 0.717) is 0 Å². The zero-order chi connectivity index (χ0) is 4.99. The molecule has 0 radical (unpaired) electrons. The van der Waals surface area contributed by atoms with Crippen molar-refractivity contribution in [1.29, 1.82) is 0 Å². The van der Waals surface area contributed by atoms with Crippen LogP contribution in [0.5, 0.6) is 0 Å². The van der Waals surface area contributed by atoms with Crippen LogP contribution in [0.4, 0.5) is 0 Å². The van der Waals surface area contributed by atoms with E-state index in [4.69, 9.17) is 0 Å². The average molecular weight is 114 g/mol. The fourth-order valence-electron chi connectivity index (χ4n) is 0.385. The molecule has 0 unspecified atom stereocenters. The van der Waals surface area contributed by atoms with Crippen molar-refractivity contribution in [3.63, 3.8) is 0 Å². The first-order chi connectivity index (χ1) is 2.77. The zero-order valence-corrected chi connectivity index (χ0v) is 4.73. The molecule has 0 amide bonds. The van der Waals surface area contributed by atoms with Gasteiger partial charge in [-0.3, -0.25) is 0 Å². The third-order valence-corrected chi connectivity index (χ3v) is 0.577. The maximum absolute atomic E-state index is 2.17. The highest BCUT2D eigenvalue weighted by Crippen LogP contribution is 1.90. The number of hydrogen-bond donors (Lipinski definition) is 0. The largest absolute Gasteiger partial charge is 0.187 e. The second kappa shape index (κ2) is 6.27. The van der Waals surface area contributed by atoms with Crippen LogP contribution in [0.3, 0.4) is 0 Å². The molecule has 0 bridgehead atoms. The molecule has 0 N–H and O–H groups in total. The van der Waals surface area contributed by atoms with Gasteiger partial charge in [-0.15, -0.1) is 0 Å². The molecule has 0 nitrogen and oxygen atoms in total. The second-order valence-electron chi connectivity index (χ2n) is 1.77. The van der Waals surface area contributed by atoms with Gasteiger partial charge in [-0.05, 0) is 12.8 Å². The van der Waals surface area contributed by atoms with Gasteiger partial charge in [0.15, 0.2) is 17.4 Å². The van der Waals surface area contributed by atoms with Gasteiger partial charge in [0.25, 0.3) is 0 Å². The predicted molar refractivity (Wildman–Crippen MR) is 39.6 cm³/mol. The molecule has 0 aliphatic rings. The SMILES string of the molecule is CC=CC(C)C.[AlH3]. The molecule has 42 valence electrons. The summed E-state index contributed by atoms with van der Waals surface area (Å²) < 4.78 is 0. The van der Waals surface area contributed by atoms with E-state index in [1.807, 2.05) is 6.92 Å². The van der Waals surface area contributed by atoms with Crippen molar-refractivity contribution in [2.45, 2.75) is 20.8 Å². The average Bonchev–Trinajstić information content (AvgIpc) is 1.35. The zero-order valence-electron chi connectivity index (χ0n) is 4.73. The number of allylic oxidation sites excluding steroid dienone is 2. The van der Waals surface area contributed by atoms with Crippen molar-refractivity contribution in [3.05, 3.63) is 12.2 Å². The molecule has 0 aromatic rings. The van der Waals surface area contributed by atoms with Crippen LogP contribution < -0.4 is 0 Å². The first kappa shape index (κ1) is 10.3. The Hall–Kier alpha value is 0.272. The van der Waals surface area contributed by atoms with Gasteiger partial charge in [-0.1, -0.05) is 26.0 Å². The summed E-state index contributed by atoms with van der Waals surface area (Å²) in [5.41, 5.74) is 0. The van der Waals surface area contributed by atoms with Crippen molar-refractivity contribution in [1.82, 2.24) is 0 Å². The molecule has 1 heteroatoms. The summed E-state index contributed by atoms with van der Waals surface area (Å²) in [5, 5.41) is 0. The van der Waals surface area contributed by atoms with Crippen LogP contribution in [-0.4, -0.2) is 17.4 Å². The van der Waals surface area contributed by atoms with Crippen LogP contribution in [0, 0.1) is 5.92 Å². The van der Waals surface area contributed by atoms with Crippen LogP contribution in [0.25, 0.3) is 0 Å². The summed E-state index contributed by atoms with van der Waals surface area (Å²) >= 11 is 0. The molecule has 0 aromatic carbocycles. The molecule has 0 fully saturated rings. The Balaban J connectivity index is 0. The van der Waals surface area contributed by atoms with E-state index >= 15 is 0 Å². The first-order valence-corrected chi connectivity index (χ1v) is 2.40. The summed E-state index contributed by atoms with van der Waals surface area (Å²) in [4.78, 5) is 0. The molecule has 0 atom stereocenters. The molecule has 0 spiro atoms. The van der Waals surface area contributed by atoms with Gasteiger partial charge in [0.05, 0.1) is 0 Å². The quantitative estimate of drug-likeness (QED) is 0.353. The number of hydrogen-bond acceptors (Lipinski definition) is 0. The lowest BCUT2D eigenvalue weighted by atomic mass is 10.2. The van der Waals surface area contributed by atoms with E-state index in [-0.39, 0.29) is 17.4 Å². The Morgan fingerprint density at radius 2 is 1.71 bits per heavy atom. The Bertz CT molecular complexity index is 46.1. The van der Waals surface area contributed by atoms with Crippen LogP contribution in [-0.2, 0) is 0 Å². The summed E-state index contributed by atoms with van der Waals surface area (Å²) in [6, 6.07) is 0. The minimum Gasteiger partial charge on any atom is -0.0914 e. The van der Waals surface area contributed by atoms with E-state index < -0.39 is 0 Å². The molecular weight excluding hydrogens is 99.0 g/mol. The van der Waals surface area contributed by atoms with Gasteiger partial charge in [-0.2, -0.15) is 0 Å². The van der Waals surface area contributed by atoms with Gasteiger partial charge in [0.1, 0.15) is 0 Å². The van der Waals surface area contributed by atoms with Crippen LogP contribution in [0.15, 0.2) is 12.2 Å². The molecule has 0 saturated heterocycles. The lowest BCUT2D eigenvalue weighted by molar-refractivity contribution is 0.830. The topological polar surface area (TPSA) is 0 Å². The fraction of sp³-hybridized carbons (Fsp3) is 0.667. The molecular formula is C6H15Al. The lowest BCUT2D eigenvalue weighted by Gasteiger charge is -1.86. The van der Waals surface area contributed by atoms with E-state index in [1.54, 1.807) is 0 Å². The molecule has 0 rings (SSSR count). The van der Waals surface area contributed by atoms with E-state index in [2.05, 4.69) is 26.0 Å². The van der Waals surface area contributed by atoms with Crippen molar-refractivity contribution in [3.8, 4) is 0 Å². The summed E-state index contributed by atoms with van der Waals surface area (Å²) in [6.45, 7) is 6.38. The lowest BCUT2D eigenvalue weighted by Crippen LogP contribution is -1.73. The van der Waals surface area contributed by atoms with Crippen LogP contribution in [0.2, 0.25) is 0 Å². The molecule has 0 heterocycles. The molecule has 0 aliphatic carbocycles. The fourth-order valence-corrected chi connectivity index (χ4v) is 0.385. The Morgan fingerprint density at radius 3 is 1.71 bits per heavy atom. The molecule has 0 aromatic heterocycles. The summed E-state index contributed by atoms with van der Waals surface area (Å²) in [7, 11) is 0. The number of rotatable bonds is 1. The standard InChI is InChI=1S/C6H12.Al.3H/c1-4-5-6(2)3;;;;/h4-6H,1-3H3;;;;. The third kappa shape index (κ3) is 10.7. The van der Waals surface area contributed by atoms with E-state index in [1.165, 1.54) is 0 Å². The summed E-state index contributed by atoms with van der Waals surface area (Å²) in [6.07, 6.45) is 4.24. The molecule has 0 aliphatic heterocycles. The van der Waals surface area contributed by atoms with Gasteiger partial charge < -0.3 is 0 Å². The third-order valence-electron chi connectivity index (χ3n) is 0.577. The normalized spacial score (nSPS) is 9.71. The first-order valence-electron chi connectivity index (χ1n) is 2.40. The Morgan fingerprint density at radius 1 is 1.29 bits per heavy atom. The minimum absolute atomic E-state index is 0. The van der Waals surface area contributed by atoms with Crippen molar-refractivity contribution in [2.75, 3.05) is 0 Å². The smallest absolute Gasteiger partial charge is 0.0914 e. The minimum atomic E-state index is 0. The highest BCUT2D eigenvalue weighted by atomic mass is 27.0. The maximum Gasteiger partial charge on any atom is 0.187 e. The van der Waals surface area contributed by atoms with E-state index in [0.717, 1.165) is 5.92 Å². The monoisotopic (exact) mass is 114 g/mol. The second-order valence-corrected chi connectivity index (χ2v) is 1.77.